The smallest absolute Gasteiger partial charge is 0.214 e. The fourth-order valence-corrected chi connectivity index (χ4v) is 3.66. The molecule has 0 amide bonds. The Labute approximate surface area is 139 Å². The fraction of sp³-hybridized carbons (Fsp3) is 0.600. The maximum absolute atomic E-state index is 13.6. The van der Waals surface area contributed by atoms with Crippen LogP contribution in [0.1, 0.15) is 39.5 Å². The molecule has 4 nitrogen and oxygen atoms in total. The van der Waals surface area contributed by atoms with Crippen LogP contribution in [-0.4, -0.2) is 25.8 Å². The summed E-state index contributed by atoms with van der Waals surface area (Å²) in [7, 11) is -3.35. The Hall–Kier alpha value is -0.660. The Balaban J connectivity index is 2.11. The van der Waals surface area contributed by atoms with Gasteiger partial charge in [-0.2, -0.15) is 0 Å². The van der Waals surface area contributed by atoms with E-state index in [1.54, 1.807) is 26.0 Å². The lowest BCUT2D eigenvalue weighted by molar-refractivity contribution is 0.124. The number of nitrogens with one attached hydrogen (secondary N) is 1. The predicted molar refractivity (Wildman–Crippen MR) is 88.0 cm³/mol. The van der Waals surface area contributed by atoms with E-state index < -0.39 is 21.1 Å². The first-order valence-corrected chi connectivity index (χ1v) is 9.76. The number of sulfonamides is 1. The van der Waals surface area contributed by atoms with Crippen molar-refractivity contribution in [1.29, 1.82) is 0 Å². The van der Waals surface area contributed by atoms with Gasteiger partial charge in [-0.25, -0.2) is 17.5 Å². The molecule has 1 N–H and O–H groups in total. The van der Waals surface area contributed by atoms with Crippen molar-refractivity contribution in [2.75, 3.05) is 0 Å². The molecule has 1 aliphatic rings. The first-order chi connectivity index (χ1) is 10.3. The van der Waals surface area contributed by atoms with E-state index in [4.69, 9.17) is 4.74 Å². The molecule has 124 valence electrons. The Morgan fingerprint density at radius 2 is 2.00 bits per heavy atom. The van der Waals surface area contributed by atoms with Gasteiger partial charge in [-0.3, -0.25) is 0 Å². The van der Waals surface area contributed by atoms with Gasteiger partial charge in [0, 0.05) is 6.07 Å². The number of rotatable bonds is 5. The average molecular weight is 394 g/mol. The molecular formula is C15H21BrFNO3S. The summed E-state index contributed by atoms with van der Waals surface area (Å²) in [4.78, 5) is 0. The number of hydrogen-bond donors (Lipinski definition) is 1. The van der Waals surface area contributed by atoms with Gasteiger partial charge in [-0.15, -0.1) is 0 Å². The zero-order chi connectivity index (χ0) is 16.3. The van der Waals surface area contributed by atoms with Gasteiger partial charge in [0.25, 0.3) is 0 Å². The highest BCUT2D eigenvalue weighted by molar-refractivity contribution is 9.10. The van der Waals surface area contributed by atoms with Gasteiger partial charge >= 0.3 is 0 Å². The maximum atomic E-state index is 13.6. The van der Waals surface area contributed by atoms with Crippen LogP contribution < -0.4 is 9.46 Å². The maximum Gasteiger partial charge on any atom is 0.214 e. The van der Waals surface area contributed by atoms with Crippen LogP contribution in [0.25, 0.3) is 0 Å². The minimum Gasteiger partial charge on any atom is -0.489 e. The summed E-state index contributed by atoms with van der Waals surface area (Å²) < 4.78 is 46.6. The lowest BCUT2D eigenvalue weighted by Crippen LogP contribution is -2.49. The molecule has 0 aliphatic heterocycles. The van der Waals surface area contributed by atoms with Crippen LogP contribution in [0, 0.1) is 5.82 Å². The van der Waals surface area contributed by atoms with Crippen molar-refractivity contribution in [3.05, 3.63) is 28.5 Å². The van der Waals surface area contributed by atoms with Gasteiger partial charge in [-0.1, -0.05) is 6.42 Å². The van der Waals surface area contributed by atoms with E-state index in [1.165, 1.54) is 6.07 Å². The Morgan fingerprint density at radius 3 is 2.64 bits per heavy atom. The van der Waals surface area contributed by atoms with E-state index >= 15 is 0 Å². The average Bonchev–Trinajstić information content (AvgIpc) is 2.44. The molecule has 0 heterocycles. The molecule has 0 unspecified atom stereocenters. The minimum atomic E-state index is -3.35. The fourth-order valence-electron chi connectivity index (χ4n) is 2.44. The molecule has 7 heteroatoms. The molecule has 2 atom stereocenters. The lowest BCUT2D eigenvalue weighted by atomic mass is 9.93. The van der Waals surface area contributed by atoms with Crippen molar-refractivity contribution in [2.45, 2.75) is 56.9 Å². The van der Waals surface area contributed by atoms with Crippen LogP contribution in [0.2, 0.25) is 0 Å². The van der Waals surface area contributed by atoms with E-state index in [0.29, 0.717) is 10.2 Å². The SMILES string of the molecule is CC(C)S(=O)(=O)N[C@H]1CCCC[C@H]1Oc1ccc(Br)c(F)c1. The van der Waals surface area contributed by atoms with E-state index in [1.807, 2.05) is 0 Å². The largest absolute Gasteiger partial charge is 0.489 e. The first-order valence-electron chi connectivity index (χ1n) is 7.42. The van der Waals surface area contributed by atoms with Crippen LogP contribution in [-0.2, 0) is 10.0 Å². The second kappa shape index (κ2) is 7.27. The Bertz CT molecular complexity index is 621. The van der Waals surface area contributed by atoms with Crippen molar-refractivity contribution in [1.82, 2.24) is 4.72 Å². The predicted octanol–water partition coefficient (Wildman–Crippen LogP) is 3.61. The zero-order valence-corrected chi connectivity index (χ0v) is 15.1. The summed E-state index contributed by atoms with van der Waals surface area (Å²) in [5.41, 5.74) is 0. The van der Waals surface area contributed by atoms with Gasteiger partial charge in [0.15, 0.2) is 0 Å². The monoisotopic (exact) mass is 393 g/mol. The van der Waals surface area contributed by atoms with Gasteiger partial charge in [-0.05, 0) is 61.2 Å². The molecule has 0 radical (unpaired) electrons. The number of halogens is 2. The molecule has 0 spiro atoms. The van der Waals surface area contributed by atoms with E-state index in [9.17, 15) is 12.8 Å². The lowest BCUT2D eigenvalue weighted by Gasteiger charge is -2.32. The molecular weight excluding hydrogens is 373 g/mol. The highest BCUT2D eigenvalue weighted by atomic mass is 79.9. The molecule has 1 aromatic carbocycles. The highest BCUT2D eigenvalue weighted by Gasteiger charge is 2.31. The quantitative estimate of drug-likeness (QED) is 0.830. The topological polar surface area (TPSA) is 55.4 Å². The highest BCUT2D eigenvalue weighted by Crippen LogP contribution is 2.27. The zero-order valence-electron chi connectivity index (χ0n) is 12.7. The third-order valence-electron chi connectivity index (χ3n) is 3.82. The second-order valence-electron chi connectivity index (χ2n) is 5.83. The summed E-state index contributed by atoms with van der Waals surface area (Å²) in [6.45, 7) is 3.29. The molecule has 2 rings (SSSR count). The molecule has 1 fully saturated rings. The van der Waals surface area contributed by atoms with Crippen LogP contribution in [0.15, 0.2) is 22.7 Å². The summed E-state index contributed by atoms with van der Waals surface area (Å²) in [5, 5.41) is -0.486. The number of hydrogen-bond acceptors (Lipinski definition) is 3. The second-order valence-corrected chi connectivity index (χ2v) is 8.96. The first kappa shape index (κ1) is 17.7. The van der Waals surface area contributed by atoms with E-state index in [-0.39, 0.29) is 12.1 Å². The Morgan fingerprint density at radius 1 is 1.32 bits per heavy atom. The molecule has 1 aliphatic carbocycles. The number of ether oxygens (including phenoxy) is 1. The molecule has 22 heavy (non-hydrogen) atoms. The van der Waals surface area contributed by atoms with Crippen molar-refractivity contribution < 1.29 is 17.5 Å². The van der Waals surface area contributed by atoms with Gasteiger partial charge in [0.05, 0.1) is 15.8 Å². The molecule has 0 saturated heterocycles. The Kier molecular flexibility index (Phi) is 5.85. The van der Waals surface area contributed by atoms with Crippen molar-refractivity contribution in [3.8, 4) is 5.75 Å². The normalized spacial score (nSPS) is 22.8. The van der Waals surface area contributed by atoms with Crippen LogP contribution >= 0.6 is 15.9 Å². The summed E-state index contributed by atoms with van der Waals surface area (Å²) in [5.74, 6) is 0.0222. The van der Waals surface area contributed by atoms with Crippen molar-refractivity contribution in [3.63, 3.8) is 0 Å². The third kappa shape index (κ3) is 4.43. The third-order valence-corrected chi connectivity index (χ3v) is 6.33. The van der Waals surface area contributed by atoms with Crippen LogP contribution in [0.4, 0.5) is 4.39 Å². The molecule has 1 aromatic rings. The van der Waals surface area contributed by atoms with Crippen molar-refractivity contribution in [2.24, 2.45) is 0 Å². The van der Waals surface area contributed by atoms with Gasteiger partial charge in [0.1, 0.15) is 17.7 Å². The summed E-state index contributed by atoms with van der Waals surface area (Å²) in [6.07, 6.45) is 3.14. The minimum absolute atomic E-state index is 0.271. The number of benzene rings is 1. The standard InChI is InChI=1S/C15H21BrFNO3S/c1-10(2)22(19,20)18-14-5-3-4-6-15(14)21-11-7-8-12(16)13(17)9-11/h7-10,14-15,18H,3-6H2,1-2H3/t14-,15+/m0/s1. The molecule has 0 bridgehead atoms. The van der Waals surface area contributed by atoms with E-state index in [2.05, 4.69) is 20.7 Å². The summed E-state index contributed by atoms with van der Waals surface area (Å²) >= 11 is 3.10. The van der Waals surface area contributed by atoms with Crippen LogP contribution in [0.5, 0.6) is 5.75 Å². The molecule has 0 aromatic heterocycles. The van der Waals surface area contributed by atoms with Crippen LogP contribution in [0.3, 0.4) is 0 Å². The van der Waals surface area contributed by atoms with E-state index in [0.717, 1.165) is 25.7 Å². The van der Waals surface area contributed by atoms with Crippen molar-refractivity contribution >= 4 is 26.0 Å². The van der Waals surface area contributed by atoms with Gasteiger partial charge in [0.2, 0.25) is 10.0 Å². The summed E-state index contributed by atoms with van der Waals surface area (Å²) in [6, 6.07) is 4.30. The molecule has 1 saturated carbocycles. The van der Waals surface area contributed by atoms with Gasteiger partial charge < -0.3 is 4.74 Å².